The van der Waals surface area contributed by atoms with Crippen LogP contribution in [0.2, 0.25) is 0 Å². The van der Waals surface area contributed by atoms with Crippen LogP contribution in [0.1, 0.15) is 24.0 Å². The molecule has 0 radical (unpaired) electrons. The summed E-state index contributed by atoms with van der Waals surface area (Å²) < 4.78 is 11.7. The van der Waals surface area contributed by atoms with Crippen molar-refractivity contribution in [1.29, 1.82) is 0 Å². The average Bonchev–Trinajstić information content (AvgIpc) is 3.39. The number of hydrogen-bond donors (Lipinski definition) is 1. The van der Waals surface area contributed by atoms with E-state index >= 15 is 0 Å². The number of hydrogen-bond acceptors (Lipinski definition) is 3. The maximum atomic E-state index is 12.9. The fourth-order valence-electron chi connectivity index (χ4n) is 2.88. The Morgan fingerprint density at radius 3 is 2.38 bits per heavy atom. The summed E-state index contributed by atoms with van der Waals surface area (Å²) >= 11 is 3.48. The first-order valence-corrected chi connectivity index (χ1v) is 8.59. The summed E-state index contributed by atoms with van der Waals surface area (Å²) in [7, 11) is 3.21. The Morgan fingerprint density at radius 2 is 1.79 bits per heavy atom. The number of halogens is 1. The van der Waals surface area contributed by atoms with Gasteiger partial charge in [0.1, 0.15) is 0 Å². The molecule has 2 aromatic rings. The molecule has 0 heterocycles. The smallest absolute Gasteiger partial charge is 0.235 e. The third-order valence-corrected chi connectivity index (χ3v) is 5.43. The van der Waals surface area contributed by atoms with E-state index in [9.17, 15) is 4.79 Å². The molecule has 1 aliphatic rings. The van der Waals surface area contributed by atoms with E-state index in [1.807, 2.05) is 43.3 Å². The lowest BCUT2D eigenvalue weighted by molar-refractivity contribution is -0.118. The molecule has 24 heavy (non-hydrogen) atoms. The second-order valence-electron chi connectivity index (χ2n) is 6.07. The highest BCUT2D eigenvalue weighted by Crippen LogP contribution is 2.50. The zero-order valence-electron chi connectivity index (χ0n) is 14.0. The van der Waals surface area contributed by atoms with Gasteiger partial charge in [-0.3, -0.25) is 4.79 Å². The summed E-state index contributed by atoms with van der Waals surface area (Å²) in [4.78, 5) is 12.9. The van der Waals surface area contributed by atoms with E-state index < -0.39 is 5.41 Å². The molecule has 1 N–H and O–H groups in total. The number of rotatable bonds is 5. The van der Waals surface area contributed by atoms with Gasteiger partial charge in [-0.2, -0.15) is 0 Å². The maximum Gasteiger partial charge on any atom is 0.235 e. The fraction of sp³-hybridized carbons (Fsp3) is 0.316. The van der Waals surface area contributed by atoms with Gasteiger partial charge in [0.05, 0.1) is 19.6 Å². The lowest BCUT2D eigenvalue weighted by atomic mass is 9.94. The second-order valence-corrected chi connectivity index (χ2v) is 6.92. The third-order valence-electron chi connectivity index (χ3n) is 4.54. The first-order chi connectivity index (χ1) is 11.5. The topological polar surface area (TPSA) is 47.6 Å². The van der Waals surface area contributed by atoms with Crippen LogP contribution in [0.25, 0.3) is 0 Å². The van der Waals surface area contributed by atoms with Crippen molar-refractivity contribution in [2.45, 2.75) is 25.2 Å². The Labute approximate surface area is 150 Å². The lowest BCUT2D eigenvalue weighted by Crippen LogP contribution is -2.27. The van der Waals surface area contributed by atoms with Gasteiger partial charge in [0, 0.05) is 10.2 Å². The summed E-state index contributed by atoms with van der Waals surface area (Å²) in [6.07, 6.45) is 1.67. The van der Waals surface area contributed by atoms with Crippen molar-refractivity contribution in [3.8, 4) is 11.5 Å². The van der Waals surface area contributed by atoms with E-state index in [1.54, 1.807) is 14.2 Å². The van der Waals surface area contributed by atoms with Gasteiger partial charge in [0.25, 0.3) is 0 Å². The lowest BCUT2D eigenvalue weighted by Gasteiger charge is -2.18. The van der Waals surface area contributed by atoms with Crippen LogP contribution in [0, 0.1) is 6.92 Å². The van der Waals surface area contributed by atoms with Crippen LogP contribution in [-0.4, -0.2) is 20.1 Å². The SMILES string of the molecule is COc1ccc(C2(C(=O)Nc3ccc(Br)c(C)c3)CC2)cc1OC. The monoisotopic (exact) mass is 389 g/mol. The molecule has 0 aromatic heterocycles. The van der Waals surface area contributed by atoms with Crippen molar-refractivity contribution in [3.05, 3.63) is 52.0 Å². The Bertz CT molecular complexity index is 784. The van der Waals surface area contributed by atoms with Crippen LogP contribution in [0.15, 0.2) is 40.9 Å². The molecule has 1 amide bonds. The number of benzene rings is 2. The molecule has 0 spiro atoms. The quantitative estimate of drug-likeness (QED) is 0.821. The summed E-state index contributed by atoms with van der Waals surface area (Å²) in [5.74, 6) is 1.34. The van der Waals surface area contributed by atoms with Crippen molar-refractivity contribution in [1.82, 2.24) is 0 Å². The zero-order chi connectivity index (χ0) is 17.3. The molecule has 0 bridgehead atoms. The third kappa shape index (κ3) is 3.00. The van der Waals surface area contributed by atoms with Crippen LogP contribution < -0.4 is 14.8 Å². The van der Waals surface area contributed by atoms with E-state index in [0.717, 1.165) is 34.1 Å². The molecule has 5 heteroatoms. The molecule has 0 atom stereocenters. The Balaban J connectivity index is 1.85. The summed E-state index contributed by atoms with van der Waals surface area (Å²) in [5.41, 5.74) is 2.39. The first kappa shape index (κ1) is 16.8. The van der Waals surface area contributed by atoms with Crippen LogP contribution in [0.3, 0.4) is 0 Å². The summed E-state index contributed by atoms with van der Waals surface area (Å²) in [6, 6.07) is 11.5. The highest BCUT2D eigenvalue weighted by Gasteiger charge is 2.51. The molecule has 3 rings (SSSR count). The van der Waals surface area contributed by atoms with Gasteiger partial charge in [-0.25, -0.2) is 0 Å². The van der Waals surface area contributed by atoms with Gasteiger partial charge in [0.15, 0.2) is 11.5 Å². The number of ether oxygens (including phenoxy) is 2. The van der Waals surface area contributed by atoms with Gasteiger partial charge in [-0.1, -0.05) is 22.0 Å². The molecule has 0 unspecified atom stereocenters. The van der Waals surface area contributed by atoms with Crippen molar-refractivity contribution in [2.24, 2.45) is 0 Å². The molecule has 126 valence electrons. The Morgan fingerprint density at radius 1 is 1.08 bits per heavy atom. The predicted octanol–water partition coefficient (Wildman–Crippen LogP) is 4.45. The number of anilines is 1. The number of amides is 1. The minimum absolute atomic E-state index is 0.0245. The number of carbonyl (C=O) groups is 1. The van der Waals surface area contributed by atoms with Crippen LogP contribution in [0.5, 0.6) is 11.5 Å². The van der Waals surface area contributed by atoms with E-state index in [-0.39, 0.29) is 5.91 Å². The Kier molecular flexibility index (Phi) is 4.54. The number of carbonyl (C=O) groups excluding carboxylic acids is 1. The van der Waals surface area contributed by atoms with E-state index in [0.29, 0.717) is 11.5 Å². The highest BCUT2D eigenvalue weighted by atomic mass is 79.9. The van der Waals surface area contributed by atoms with Gasteiger partial charge in [0.2, 0.25) is 5.91 Å². The molecule has 0 aliphatic heterocycles. The number of aryl methyl sites for hydroxylation is 1. The number of nitrogens with one attached hydrogen (secondary N) is 1. The standard InChI is InChI=1S/C19H20BrNO3/c1-12-10-14(5-6-15(12)20)21-18(22)19(8-9-19)13-4-7-16(23-2)17(11-13)24-3/h4-7,10-11H,8-9H2,1-3H3,(H,21,22). The predicted molar refractivity (Wildman–Crippen MR) is 98.0 cm³/mol. The normalized spacial score (nSPS) is 14.8. The highest BCUT2D eigenvalue weighted by molar-refractivity contribution is 9.10. The van der Waals surface area contributed by atoms with E-state index in [2.05, 4.69) is 21.2 Å². The van der Waals surface area contributed by atoms with Crippen molar-refractivity contribution < 1.29 is 14.3 Å². The molecule has 0 saturated heterocycles. The molecular formula is C19H20BrNO3. The van der Waals surface area contributed by atoms with Crippen molar-refractivity contribution >= 4 is 27.5 Å². The second kappa shape index (κ2) is 6.48. The molecule has 1 fully saturated rings. The molecular weight excluding hydrogens is 370 g/mol. The van der Waals surface area contributed by atoms with Gasteiger partial charge >= 0.3 is 0 Å². The van der Waals surface area contributed by atoms with Crippen molar-refractivity contribution in [3.63, 3.8) is 0 Å². The summed E-state index contributed by atoms with van der Waals surface area (Å²) in [5, 5.41) is 3.05. The van der Waals surface area contributed by atoms with Gasteiger partial charge < -0.3 is 14.8 Å². The van der Waals surface area contributed by atoms with E-state index in [4.69, 9.17) is 9.47 Å². The minimum atomic E-state index is -0.472. The van der Waals surface area contributed by atoms with Gasteiger partial charge in [-0.05, 0) is 61.2 Å². The first-order valence-electron chi connectivity index (χ1n) is 7.80. The van der Waals surface area contributed by atoms with Gasteiger partial charge in [-0.15, -0.1) is 0 Å². The summed E-state index contributed by atoms with van der Waals surface area (Å²) in [6.45, 7) is 2.00. The fourth-order valence-corrected chi connectivity index (χ4v) is 3.13. The van der Waals surface area contributed by atoms with Crippen LogP contribution in [0.4, 0.5) is 5.69 Å². The zero-order valence-corrected chi connectivity index (χ0v) is 15.6. The largest absolute Gasteiger partial charge is 0.493 e. The molecule has 1 aliphatic carbocycles. The van der Waals surface area contributed by atoms with Crippen LogP contribution >= 0.6 is 15.9 Å². The average molecular weight is 390 g/mol. The van der Waals surface area contributed by atoms with Crippen molar-refractivity contribution in [2.75, 3.05) is 19.5 Å². The molecule has 1 saturated carbocycles. The van der Waals surface area contributed by atoms with Crippen LogP contribution in [-0.2, 0) is 10.2 Å². The van der Waals surface area contributed by atoms with E-state index in [1.165, 1.54) is 0 Å². The molecule has 2 aromatic carbocycles. The minimum Gasteiger partial charge on any atom is -0.493 e. The molecule has 4 nitrogen and oxygen atoms in total. The number of methoxy groups -OCH3 is 2. The Hall–Kier alpha value is -2.01. The maximum absolute atomic E-state index is 12.9.